The number of anilines is 1. The summed E-state index contributed by atoms with van der Waals surface area (Å²) in [5, 5.41) is 2.68. The van der Waals surface area contributed by atoms with E-state index >= 15 is 0 Å². The van der Waals surface area contributed by atoms with Gasteiger partial charge in [-0.3, -0.25) is 9.59 Å². The first-order chi connectivity index (χ1) is 14.6. The zero-order valence-corrected chi connectivity index (χ0v) is 18.8. The molecule has 0 atom stereocenters. The van der Waals surface area contributed by atoms with E-state index in [0.29, 0.717) is 22.0 Å². The van der Waals surface area contributed by atoms with E-state index in [1.54, 1.807) is 47.0 Å². The third-order valence-electron chi connectivity index (χ3n) is 3.97. The van der Waals surface area contributed by atoms with Gasteiger partial charge in [0.15, 0.2) is 6.61 Å². The molecule has 0 aromatic carbocycles. The zero-order valence-electron chi connectivity index (χ0n) is 17.9. The number of carbonyl (C=O) groups excluding carboxylic acids is 4. The number of hydrogen-bond donors (Lipinski definition) is 1. The minimum absolute atomic E-state index is 0.102. The molecule has 0 aliphatic heterocycles. The van der Waals surface area contributed by atoms with Crippen LogP contribution in [0.5, 0.6) is 0 Å². The lowest BCUT2D eigenvalue weighted by molar-refractivity contribution is -0.142. The van der Waals surface area contributed by atoms with Gasteiger partial charge in [0.1, 0.15) is 16.5 Å². The number of rotatable bonds is 8. The van der Waals surface area contributed by atoms with Gasteiger partial charge in [-0.15, -0.1) is 11.3 Å². The second kappa shape index (κ2) is 10.6. The van der Waals surface area contributed by atoms with E-state index in [1.165, 1.54) is 11.0 Å². The highest BCUT2D eigenvalue weighted by Crippen LogP contribution is 2.34. The summed E-state index contributed by atoms with van der Waals surface area (Å²) in [4.78, 5) is 50.5. The van der Waals surface area contributed by atoms with Crippen molar-refractivity contribution in [3.63, 3.8) is 0 Å². The fourth-order valence-electron chi connectivity index (χ4n) is 2.50. The SMILES string of the molecule is CCOC(=O)c1c(NC(=O)COC(=O)/C=C/c2ccc(C)o2)sc(C(=O)N(C)C)c1C. The molecule has 9 nitrogen and oxygen atoms in total. The summed E-state index contributed by atoms with van der Waals surface area (Å²) in [6, 6.07) is 3.44. The second-order valence-corrected chi connectivity index (χ2v) is 7.64. The lowest BCUT2D eigenvalue weighted by Gasteiger charge is -2.09. The molecule has 0 radical (unpaired) electrons. The Hall–Kier alpha value is -3.40. The molecule has 0 fully saturated rings. The largest absolute Gasteiger partial charge is 0.462 e. The van der Waals surface area contributed by atoms with Crippen molar-refractivity contribution < 1.29 is 33.1 Å². The van der Waals surface area contributed by atoms with Crippen LogP contribution in [0.3, 0.4) is 0 Å². The molecule has 0 aliphatic carbocycles. The molecule has 10 heteroatoms. The Morgan fingerprint density at radius 2 is 1.87 bits per heavy atom. The Labute approximate surface area is 183 Å². The maximum atomic E-state index is 12.4. The normalized spacial score (nSPS) is 10.7. The van der Waals surface area contributed by atoms with Crippen molar-refractivity contribution in [3.8, 4) is 0 Å². The van der Waals surface area contributed by atoms with E-state index in [2.05, 4.69) is 5.32 Å². The fraction of sp³-hybridized carbons (Fsp3) is 0.333. The number of esters is 2. The quantitative estimate of drug-likeness (QED) is 0.487. The van der Waals surface area contributed by atoms with Gasteiger partial charge in [0.25, 0.3) is 11.8 Å². The van der Waals surface area contributed by atoms with Gasteiger partial charge in [-0.1, -0.05) is 0 Å². The summed E-state index contributed by atoms with van der Waals surface area (Å²) in [5.74, 6) is -1.18. The van der Waals surface area contributed by atoms with Crippen molar-refractivity contribution >= 4 is 46.2 Å². The highest BCUT2D eigenvalue weighted by Gasteiger charge is 2.27. The van der Waals surface area contributed by atoms with Crippen molar-refractivity contribution in [3.05, 3.63) is 45.7 Å². The summed E-state index contributed by atoms with van der Waals surface area (Å²) in [7, 11) is 3.17. The third-order valence-corrected chi connectivity index (χ3v) is 5.17. The van der Waals surface area contributed by atoms with E-state index in [0.717, 1.165) is 17.4 Å². The molecule has 0 aliphatic rings. The Morgan fingerprint density at radius 1 is 1.16 bits per heavy atom. The first-order valence-electron chi connectivity index (χ1n) is 9.37. The summed E-state index contributed by atoms with van der Waals surface area (Å²) < 4.78 is 15.3. The van der Waals surface area contributed by atoms with E-state index in [1.807, 2.05) is 0 Å². The first-order valence-corrected chi connectivity index (χ1v) is 10.2. The minimum atomic E-state index is -0.736. The second-order valence-electron chi connectivity index (χ2n) is 6.62. The number of nitrogens with one attached hydrogen (secondary N) is 1. The van der Waals surface area contributed by atoms with E-state index in [-0.39, 0.29) is 23.1 Å². The predicted octanol–water partition coefficient (Wildman–Crippen LogP) is 3.03. The molecular formula is C21H24N2O7S. The highest BCUT2D eigenvalue weighted by atomic mass is 32.1. The van der Waals surface area contributed by atoms with Gasteiger partial charge < -0.3 is 24.1 Å². The maximum absolute atomic E-state index is 12.4. The Kier molecular flexibility index (Phi) is 8.14. The van der Waals surface area contributed by atoms with Gasteiger partial charge in [0, 0.05) is 20.2 Å². The van der Waals surface area contributed by atoms with Crippen LogP contribution in [-0.2, 0) is 19.1 Å². The van der Waals surface area contributed by atoms with Crippen LogP contribution < -0.4 is 5.32 Å². The smallest absolute Gasteiger partial charge is 0.341 e. The average Bonchev–Trinajstić information content (AvgIpc) is 3.27. The molecule has 31 heavy (non-hydrogen) atoms. The molecule has 0 unspecified atom stereocenters. The van der Waals surface area contributed by atoms with E-state index in [4.69, 9.17) is 13.9 Å². The summed E-state index contributed by atoms with van der Waals surface area (Å²) >= 11 is 0.958. The molecule has 2 heterocycles. The molecule has 0 spiro atoms. The van der Waals surface area contributed by atoms with Gasteiger partial charge in [-0.2, -0.15) is 0 Å². The first kappa shape index (κ1) is 23.9. The summed E-state index contributed by atoms with van der Waals surface area (Å²) in [5.41, 5.74) is 0.510. The van der Waals surface area contributed by atoms with Crippen molar-refractivity contribution in [1.82, 2.24) is 4.90 Å². The summed E-state index contributed by atoms with van der Waals surface area (Å²) in [6.45, 7) is 4.60. The number of amides is 2. The number of ether oxygens (including phenoxy) is 2. The number of aryl methyl sites for hydroxylation is 1. The minimum Gasteiger partial charge on any atom is -0.462 e. The Morgan fingerprint density at radius 3 is 2.45 bits per heavy atom. The number of thiophene rings is 1. The van der Waals surface area contributed by atoms with Gasteiger partial charge in [0.2, 0.25) is 0 Å². The molecule has 0 saturated heterocycles. The van der Waals surface area contributed by atoms with E-state index < -0.39 is 24.5 Å². The van der Waals surface area contributed by atoms with Gasteiger partial charge >= 0.3 is 11.9 Å². The van der Waals surface area contributed by atoms with Crippen molar-refractivity contribution in [2.45, 2.75) is 20.8 Å². The van der Waals surface area contributed by atoms with Crippen molar-refractivity contribution in [1.29, 1.82) is 0 Å². The molecular weight excluding hydrogens is 424 g/mol. The lowest BCUT2D eigenvalue weighted by atomic mass is 10.1. The number of hydrogen-bond acceptors (Lipinski definition) is 8. The van der Waals surface area contributed by atoms with Crippen molar-refractivity contribution in [2.75, 3.05) is 32.6 Å². The molecule has 0 bridgehead atoms. The number of carbonyl (C=O) groups is 4. The highest BCUT2D eigenvalue weighted by molar-refractivity contribution is 7.18. The van der Waals surface area contributed by atoms with Crippen LogP contribution in [0.4, 0.5) is 5.00 Å². The van der Waals surface area contributed by atoms with E-state index in [9.17, 15) is 19.2 Å². The van der Waals surface area contributed by atoms with Crippen molar-refractivity contribution in [2.24, 2.45) is 0 Å². The molecule has 2 amide bonds. The van der Waals surface area contributed by atoms with Crippen LogP contribution in [0.1, 0.15) is 44.0 Å². The topological polar surface area (TPSA) is 115 Å². The molecule has 1 N–H and O–H groups in total. The molecule has 2 aromatic heterocycles. The van der Waals surface area contributed by atoms with Crippen LogP contribution >= 0.6 is 11.3 Å². The lowest BCUT2D eigenvalue weighted by Crippen LogP contribution is -2.21. The zero-order chi connectivity index (χ0) is 23.1. The molecule has 166 valence electrons. The van der Waals surface area contributed by atoms with Gasteiger partial charge in [-0.05, 0) is 44.5 Å². The number of furan rings is 1. The molecule has 2 rings (SSSR count). The van der Waals surface area contributed by atoms with Crippen LogP contribution in [-0.4, -0.2) is 56.0 Å². The standard InChI is InChI=1S/C21H24N2O7S/c1-6-28-21(27)17-13(3)18(20(26)23(4)5)31-19(17)22-15(24)11-29-16(25)10-9-14-8-7-12(2)30-14/h7-10H,6,11H2,1-5H3,(H,22,24)/b10-9+. The van der Waals surface area contributed by atoms with Gasteiger partial charge in [0.05, 0.1) is 17.0 Å². The van der Waals surface area contributed by atoms with Crippen LogP contribution in [0.2, 0.25) is 0 Å². The Bertz CT molecular complexity index is 1020. The fourth-order valence-corrected chi connectivity index (χ4v) is 3.73. The number of nitrogens with zero attached hydrogens (tertiary/aromatic N) is 1. The molecule has 2 aromatic rings. The monoisotopic (exact) mass is 448 g/mol. The van der Waals surface area contributed by atoms with Crippen LogP contribution in [0.25, 0.3) is 6.08 Å². The predicted molar refractivity (Wildman–Crippen MR) is 115 cm³/mol. The van der Waals surface area contributed by atoms with Crippen LogP contribution in [0, 0.1) is 13.8 Å². The average molecular weight is 448 g/mol. The maximum Gasteiger partial charge on any atom is 0.341 e. The molecule has 0 saturated carbocycles. The third kappa shape index (κ3) is 6.29. The summed E-state index contributed by atoms with van der Waals surface area (Å²) in [6.07, 6.45) is 2.56. The van der Waals surface area contributed by atoms with Gasteiger partial charge in [-0.25, -0.2) is 9.59 Å². The Balaban J connectivity index is 2.09. The van der Waals surface area contributed by atoms with Crippen LogP contribution in [0.15, 0.2) is 22.6 Å².